The van der Waals surface area contributed by atoms with Gasteiger partial charge < -0.3 is 14.9 Å². The van der Waals surface area contributed by atoms with Crippen molar-refractivity contribution in [3.8, 4) is 0 Å². The minimum atomic E-state index is -3.04. The van der Waals surface area contributed by atoms with Gasteiger partial charge in [-0.15, -0.1) is 0 Å². The molecule has 1 amide bonds. The number of hydrogen-bond donors (Lipinski definition) is 1. The van der Waals surface area contributed by atoms with Crippen LogP contribution >= 0.6 is 0 Å². The van der Waals surface area contributed by atoms with Crippen LogP contribution < -0.4 is 0 Å². The van der Waals surface area contributed by atoms with Gasteiger partial charge in [-0.3, -0.25) is 10.1 Å². The van der Waals surface area contributed by atoms with Gasteiger partial charge in [0.1, 0.15) is 9.84 Å². The Balaban J connectivity index is 1.49. The van der Waals surface area contributed by atoms with E-state index in [1.807, 2.05) is 24.3 Å². The monoisotopic (exact) mass is 557 g/mol. The molecule has 212 valence electrons. The lowest BCUT2D eigenvalue weighted by Gasteiger charge is -2.36. The van der Waals surface area contributed by atoms with E-state index in [1.165, 1.54) is 28.9 Å². The first-order valence-electron chi connectivity index (χ1n) is 13.3. The fraction of sp³-hybridized carbons (Fsp3) is 0.483. The molecule has 39 heavy (non-hydrogen) atoms. The number of carbonyl (C=O) groups is 1. The molecule has 1 unspecified atom stereocenters. The standard InChI is InChI=1S/C29H39N3O6S/c1-29(17-22-39(2,37)38,26-8-4-3-5-9-26)16-21-30-19-14-24(15-20-30)7-6-18-31(28(33)34)23-25-10-12-27(13-11-25)32(35)36/h3-13,24H,14-23H2,1-2H3,(H,33,34). The van der Waals surface area contributed by atoms with Crippen LogP contribution in [0.5, 0.6) is 0 Å². The number of non-ortho nitro benzene ring substituents is 1. The van der Waals surface area contributed by atoms with Gasteiger partial charge in [-0.2, -0.15) is 0 Å². The van der Waals surface area contributed by atoms with Crippen molar-refractivity contribution in [1.29, 1.82) is 0 Å². The average Bonchev–Trinajstić information content (AvgIpc) is 2.91. The van der Waals surface area contributed by atoms with Gasteiger partial charge in [-0.1, -0.05) is 61.5 Å². The van der Waals surface area contributed by atoms with E-state index < -0.39 is 20.9 Å². The summed E-state index contributed by atoms with van der Waals surface area (Å²) in [5, 5.41) is 20.4. The highest BCUT2D eigenvalue weighted by Gasteiger charge is 2.29. The number of amides is 1. The molecule has 1 aliphatic heterocycles. The second-order valence-corrected chi connectivity index (χ2v) is 13.0. The quantitative estimate of drug-likeness (QED) is 0.206. The molecule has 9 nitrogen and oxygen atoms in total. The molecule has 0 aromatic heterocycles. The number of allylic oxidation sites excluding steroid dienone is 1. The van der Waals surface area contributed by atoms with E-state index >= 15 is 0 Å². The fourth-order valence-electron chi connectivity index (χ4n) is 4.97. The maximum atomic E-state index is 11.9. The predicted octanol–water partition coefficient (Wildman–Crippen LogP) is 5.13. The molecule has 0 radical (unpaired) electrons. The Kier molecular flexibility index (Phi) is 10.7. The number of piperidine rings is 1. The zero-order chi connectivity index (χ0) is 28.5. The van der Waals surface area contributed by atoms with Crippen LogP contribution in [0.2, 0.25) is 0 Å². The minimum Gasteiger partial charge on any atom is -0.465 e. The Labute approximate surface area is 231 Å². The van der Waals surface area contributed by atoms with E-state index in [-0.39, 0.29) is 29.9 Å². The summed E-state index contributed by atoms with van der Waals surface area (Å²) in [6.45, 7) is 5.36. The van der Waals surface area contributed by atoms with Crippen LogP contribution in [0.15, 0.2) is 66.7 Å². The van der Waals surface area contributed by atoms with Crippen LogP contribution in [0.1, 0.15) is 43.7 Å². The number of nitro benzene ring substituents is 1. The van der Waals surface area contributed by atoms with Crippen molar-refractivity contribution in [1.82, 2.24) is 9.80 Å². The van der Waals surface area contributed by atoms with Crippen molar-refractivity contribution in [3.63, 3.8) is 0 Å². The van der Waals surface area contributed by atoms with Gasteiger partial charge in [0.25, 0.3) is 5.69 Å². The third-order valence-electron chi connectivity index (χ3n) is 7.63. The van der Waals surface area contributed by atoms with E-state index in [1.54, 1.807) is 12.1 Å². The number of nitro groups is 1. The summed E-state index contributed by atoms with van der Waals surface area (Å²) in [5.41, 5.74) is 1.63. The van der Waals surface area contributed by atoms with Crippen LogP contribution in [0.3, 0.4) is 0 Å². The van der Waals surface area contributed by atoms with Gasteiger partial charge in [0, 0.05) is 31.5 Å². The summed E-state index contributed by atoms with van der Waals surface area (Å²) in [7, 11) is -3.04. The molecule has 1 fully saturated rings. The maximum absolute atomic E-state index is 11.9. The summed E-state index contributed by atoms with van der Waals surface area (Å²) in [4.78, 5) is 25.8. The average molecular weight is 558 g/mol. The molecule has 1 atom stereocenters. The number of likely N-dealkylation sites (tertiary alicyclic amines) is 1. The largest absolute Gasteiger partial charge is 0.465 e. The lowest BCUT2D eigenvalue weighted by Crippen LogP contribution is -2.37. The summed E-state index contributed by atoms with van der Waals surface area (Å²) < 4.78 is 23.7. The van der Waals surface area contributed by atoms with Gasteiger partial charge >= 0.3 is 6.09 Å². The molecule has 10 heteroatoms. The van der Waals surface area contributed by atoms with E-state index in [0.29, 0.717) is 17.9 Å². The van der Waals surface area contributed by atoms with Gasteiger partial charge in [0.2, 0.25) is 0 Å². The Morgan fingerprint density at radius 1 is 1.13 bits per heavy atom. The summed E-state index contributed by atoms with van der Waals surface area (Å²) in [6.07, 6.45) is 7.70. The lowest BCUT2D eigenvalue weighted by atomic mass is 9.77. The molecule has 2 aromatic carbocycles. The fourth-order valence-corrected chi connectivity index (χ4v) is 5.79. The Hall–Kier alpha value is -3.24. The van der Waals surface area contributed by atoms with Crippen molar-refractivity contribution in [2.24, 2.45) is 5.92 Å². The number of benzene rings is 2. The van der Waals surface area contributed by atoms with E-state index in [0.717, 1.165) is 38.9 Å². The highest BCUT2D eigenvalue weighted by molar-refractivity contribution is 7.90. The van der Waals surface area contributed by atoms with Crippen molar-refractivity contribution < 1.29 is 23.2 Å². The van der Waals surface area contributed by atoms with Gasteiger partial charge in [-0.25, -0.2) is 13.2 Å². The molecule has 0 spiro atoms. The van der Waals surface area contributed by atoms with Crippen LogP contribution in [0.4, 0.5) is 10.5 Å². The van der Waals surface area contributed by atoms with E-state index in [2.05, 4.69) is 30.0 Å². The zero-order valence-electron chi connectivity index (χ0n) is 22.7. The Morgan fingerprint density at radius 2 is 1.77 bits per heavy atom. The Bertz CT molecular complexity index is 1230. The third-order valence-corrected chi connectivity index (χ3v) is 8.58. The molecular weight excluding hydrogens is 518 g/mol. The lowest BCUT2D eigenvalue weighted by molar-refractivity contribution is -0.384. The molecular formula is C29H39N3O6S. The second-order valence-electron chi connectivity index (χ2n) is 10.8. The van der Waals surface area contributed by atoms with Crippen LogP contribution in [-0.4, -0.2) is 72.5 Å². The van der Waals surface area contributed by atoms with Crippen LogP contribution in [0, 0.1) is 16.0 Å². The normalized spacial score (nSPS) is 16.7. The molecule has 1 heterocycles. The minimum absolute atomic E-state index is 0.0227. The highest BCUT2D eigenvalue weighted by Crippen LogP contribution is 2.33. The first-order chi connectivity index (χ1) is 18.4. The number of rotatable bonds is 13. The van der Waals surface area contributed by atoms with E-state index in [4.69, 9.17) is 0 Å². The van der Waals surface area contributed by atoms with Crippen molar-refractivity contribution in [3.05, 3.63) is 88.0 Å². The SMILES string of the molecule is CC(CCN1CCC(C=CCN(Cc2ccc([N+](=O)[O-])cc2)C(=O)O)CC1)(CCS(C)(=O)=O)c1ccccc1. The smallest absolute Gasteiger partial charge is 0.407 e. The van der Waals surface area contributed by atoms with Crippen molar-refractivity contribution in [2.75, 3.05) is 38.2 Å². The predicted molar refractivity (Wildman–Crippen MR) is 153 cm³/mol. The molecule has 0 aliphatic carbocycles. The van der Waals surface area contributed by atoms with Crippen molar-refractivity contribution >= 4 is 21.6 Å². The highest BCUT2D eigenvalue weighted by atomic mass is 32.2. The number of sulfone groups is 1. The molecule has 2 aromatic rings. The number of nitrogens with zero attached hydrogens (tertiary/aromatic N) is 3. The third kappa shape index (κ3) is 9.78. The van der Waals surface area contributed by atoms with Gasteiger partial charge in [0.05, 0.1) is 10.7 Å². The number of carboxylic acid groups (broad SMARTS) is 1. The topological polar surface area (TPSA) is 121 Å². The van der Waals surface area contributed by atoms with Crippen LogP contribution in [0.25, 0.3) is 0 Å². The Morgan fingerprint density at radius 3 is 2.33 bits per heavy atom. The summed E-state index contributed by atoms with van der Waals surface area (Å²) in [5.74, 6) is 0.546. The molecule has 1 aliphatic rings. The maximum Gasteiger partial charge on any atom is 0.407 e. The second kappa shape index (κ2) is 13.7. The summed E-state index contributed by atoms with van der Waals surface area (Å²) >= 11 is 0. The first kappa shape index (κ1) is 30.3. The first-order valence-corrected chi connectivity index (χ1v) is 15.3. The van der Waals surface area contributed by atoms with Gasteiger partial charge in [-0.05, 0) is 67.8 Å². The molecule has 1 saturated heterocycles. The molecule has 0 bridgehead atoms. The number of hydrogen-bond acceptors (Lipinski definition) is 6. The molecule has 1 N–H and O–H groups in total. The zero-order valence-corrected chi connectivity index (χ0v) is 23.6. The van der Waals surface area contributed by atoms with Gasteiger partial charge in [0.15, 0.2) is 0 Å². The van der Waals surface area contributed by atoms with Crippen LogP contribution in [-0.2, 0) is 21.8 Å². The summed E-state index contributed by atoms with van der Waals surface area (Å²) in [6, 6.07) is 16.1. The van der Waals surface area contributed by atoms with Crippen molar-refractivity contribution in [2.45, 2.75) is 44.6 Å². The molecule has 0 saturated carbocycles. The van der Waals surface area contributed by atoms with E-state index in [9.17, 15) is 28.4 Å². The molecule has 3 rings (SSSR count).